The predicted octanol–water partition coefficient (Wildman–Crippen LogP) is 4.22. The van der Waals surface area contributed by atoms with Gasteiger partial charge in [-0.15, -0.1) is 0 Å². The highest BCUT2D eigenvalue weighted by Crippen LogP contribution is 2.33. The van der Waals surface area contributed by atoms with Crippen LogP contribution in [0.2, 0.25) is 0 Å². The second kappa shape index (κ2) is 6.11. The van der Waals surface area contributed by atoms with Crippen LogP contribution < -0.4 is 0 Å². The molecule has 0 aliphatic rings. The summed E-state index contributed by atoms with van der Waals surface area (Å²) in [6, 6.07) is 9.27. The number of allylic oxidation sites excluding steroid dienone is 1. The van der Waals surface area contributed by atoms with Crippen molar-refractivity contribution in [1.29, 1.82) is 0 Å². The number of benzene rings is 1. The van der Waals surface area contributed by atoms with Crippen LogP contribution >= 0.6 is 0 Å². The molecule has 0 heterocycles. The number of hydrogen-bond acceptors (Lipinski definition) is 2. The van der Waals surface area contributed by atoms with E-state index in [-0.39, 0.29) is 5.41 Å². The van der Waals surface area contributed by atoms with Crippen molar-refractivity contribution in [2.24, 2.45) is 5.41 Å². The maximum absolute atomic E-state index is 12.0. The van der Waals surface area contributed by atoms with E-state index in [1.165, 1.54) is 6.08 Å². The van der Waals surface area contributed by atoms with Crippen LogP contribution in [-0.4, -0.2) is 18.8 Å². The van der Waals surface area contributed by atoms with Crippen LogP contribution in [0.3, 0.4) is 0 Å². The molecule has 0 amide bonds. The van der Waals surface area contributed by atoms with E-state index in [9.17, 15) is 18.0 Å². The Morgan fingerprint density at radius 3 is 2.15 bits per heavy atom. The van der Waals surface area contributed by atoms with E-state index in [0.29, 0.717) is 0 Å². The standard InChI is InChI=1S/C15H17F3O2/c1-14(2,3)12(11-7-5-4-6-8-11)9-10-20-13(19)15(16,17)18/h4-9H,10H2,1-3H3/b12-9+. The molecule has 0 spiro atoms. The van der Waals surface area contributed by atoms with Gasteiger partial charge in [0.1, 0.15) is 6.61 Å². The monoisotopic (exact) mass is 286 g/mol. The third-order valence-electron chi connectivity index (χ3n) is 2.63. The lowest BCUT2D eigenvalue weighted by atomic mass is 9.82. The molecule has 2 nitrogen and oxygen atoms in total. The molecule has 0 saturated heterocycles. The Hall–Kier alpha value is -1.78. The Bertz CT molecular complexity index is 482. The highest BCUT2D eigenvalue weighted by molar-refractivity contribution is 5.76. The predicted molar refractivity (Wildman–Crippen MR) is 70.9 cm³/mol. The van der Waals surface area contributed by atoms with Crippen molar-refractivity contribution in [3.05, 3.63) is 42.0 Å². The van der Waals surface area contributed by atoms with Crippen LogP contribution in [0.1, 0.15) is 26.3 Å². The molecule has 1 rings (SSSR count). The van der Waals surface area contributed by atoms with Gasteiger partial charge in [-0.1, -0.05) is 51.1 Å². The van der Waals surface area contributed by atoms with Crippen LogP contribution in [0.15, 0.2) is 36.4 Å². The third-order valence-corrected chi connectivity index (χ3v) is 2.63. The minimum Gasteiger partial charge on any atom is -0.455 e. The van der Waals surface area contributed by atoms with E-state index in [4.69, 9.17) is 0 Å². The molecule has 0 fully saturated rings. The van der Waals surface area contributed by atoms with Crippen molar-refractivity contribution in [2.75, 3.05) is 6.61 Å². The number of carbonyl (C=O) groups is 1. The van der Waals surface area contributed by atoms with Gasteiger partial charge >= 0.3 is 12.1 Å². The van der Waals surface area contributed by atoms with E-state index in [1.807, 2.05) is 51.1 Å². The Labute approximate surface area is 116 Å². The highest BCUT2D eigenvalue weighted by Gasteiger charge is 2.40. The Balaban J connectivity index is 2.87. The molecule has 0 aliphatic heterocycles. The van der Waals surface area contributed by atoms with Crippen molar-refractivity contribution in [3.63, 3.8) is 0 Å². The fourth-order valence-electron chi connectivity index (χ4n) is 1.76. The molecule has 110 valence electrons. The first-order chi connectivity index (χ1) is 9.12. The Morgan fingerprint density at radius 1 is 1.15 bits per heavy atom. The van der Waals surface area contributed by atoms with Gasteiger partial charge in [0, 0.05) is 0 Å². The van der Waals surface area contributed by atoms with E-state index >= 15 is 0 Å². The number of ether oxygens (including phenoxy) is 1. The van der Waals surface area contributed by atoms with E-state index < -0.39 is 18.8 Å². The van der Waals surface area contributed by atoms with Crippen LogP contribution in [-0.2, 0) is 9.53 Å². The van der Waals surface area contributed by atoms with E-state index in [0.717, 1.165) is 11.1 Å². The molecular weight excluding hydrogens is 269 g/mol. The zero-order valence-electron chi connectivity index (χ0n) is 11.6. The summed E-state index contributed by atoms with van der Waals surface area (Å²) in [4.78, 5) is 10.7. The number of esters is 1. The molecule has 0 atom stereocenters. The number of alkyl halides is 3. The summed E-state index contributed by atoms with van der Waals surface area (Å²) in [5.74, 6) is -2.17. The van der Waals surface area contributed by atoms with Crippen molar-refractivity contribution in [3.8, 4) is 0 Å². The topological polar surface area (TPSA) is 26.3 Å². The van der Waals surface area contributed by atoms with Gasteiger partial charge in [0.2, 0.25) is 0 Å². The van der Waals surface area contributed by atoms with Gasteiger partial charge < -0.3 is 4.74 Å². The average molecular weight is 286 g/mol. The second-order valence-corrected chi connectivity index (χ2v) is 5.33. The fraction of sp³-hybridized carbons (Fsp3) is 0.400. The normalized spacial score (nSPS) is 13.2. The smallest absolute Gasteiger partial charge is 0.455 e. The lowest BCUT2D eigenvalue weighted by Gasteiger charge is -2.23. The molecule has 0 aromatic heterocycles. The summed E-state index contributed by atoms with van der Waals surface area (Å²) in [7, 11) is 0. The highest BCUT2D eigenvalue weighted by atomic mass is 19.4. The molecule has 0 saturated carbocycles. The van der Waals surface area contributed by atoms with Crippen molar-refractivity contribution in [2.45, 2.75) is 26.9 Å². The molecule has 0 aliphatic carbocycles. The zero-order chi connectivity index (χ0) is 15.4. The minimum atomic E-state index is -4.96. The molecular formula is C15H17F3O2. The molecule has 20 heavy (non-hydrogen) atoms. The van der Waals surface area contributed by atoms with Crippen LogP contribution in [0, 0.1) is 5.41 Å². The second-order valence-electron chi connectivity index (χ2n) is 5.33. The summed E-state index contributed by atoms with van der Waals surface area (Å²) >= 11 is 0. The maximum atomic E-state index is 12.0. The van der Waals surface area contributed by atoms with E-state index in [1.54, 1.807) is 0 Å². The lowest BCUT2D eigenvalue weighted by molar-refractivity contribution is -0.198. The molecule has 0 radical (unpaired) electrons. The summed E-state index contributed by atoms with van der Waals surface area (Å²) in [5, 5.41) is 0. The van der Waals surface area contributed by atoms with Crippen LogP contribution in [0.25, 0.3) is 5.57 Å². The summed E-state index contributed by atoms with van der Waals surface area (Å²) in [6.45, 7) is 5.42. The Morgan fingerprint density at radius 2 is 1.70 bits per heavy atom. The van der Waals surface area contributed by atoms with Gasteiger partial charge in [-0.25, -0.2) is 4.79 Å². The number of carbonyl (C=O) groups excluding carboxylic acids is 1. The largest absolute Gasteiger partial charge is 0.490 e. The first kappa shape index (κ1) is 16.3. The van der Waals surface area contributed by atoms with Crippen LogP contribution in [0.4, 0.5) is 13.2 Å². The first-order valence-electron chi connectivity index (χ1n) is 6.12. The fourth-order valence-corrected chi connectivity index (χ4v) is 1.76. The molecule has 1 aromatic carbocycles. The molecule has 0 N–H and O–H groups in total. The first-order valence-corrected chi connectivity index (χ1v) is 6.12. The van der Waals surface area contributed by atoms with Crippen molar-refractivity contribution < 1.29 is 22.7 Å². The van der Waals surface area contributed by atoms with Gasteiger partial charge in [0.15, 0.2) is 0 Å². The van der Waals surface area contributed by atoms with Gasteiger partial charge in [-0.05, 0) is 22.6 Å². The van der Waals surface area contributed by atoms with E-state index in [2.05, 4.69) is 4.74 Å². The summed E-state index contributed by atoms with van der Waals surface area (Å²) in [6.07, 6.45) is -3.44. The number of rotatable bonds is 3. The van der Waals surface area contributed by atoms with Crippen molar-refractivity contribution in [1.82, 2.24) is 0 Å². The molecule has 1 aromatic rings. The third kappa shape index (κ3) is 4.72. The Kier molecular flexibility index (Phi) is 4.98. The zero-order valence-corrected chi connectivity index (χ0v) is 11.6. The quantitative estimate of drug-likeness (QED) is 0.778. The lowest BCUT2D eigenvalue weighted by Crippen LogP contribution is -2.25. The molecule has 0 bridgehead atoms. The minimum absolute atomic E-state index is 0.272. The van der Waals surface area contributed by atoms with Crippen LogP contribution in [0.5, 0.6) is 0 Å². The van der Waals surface area contributed by atoms with Gasteiger partial charge in [-0.3, -0.25) is 0 Å². The van der Waals surface area contributed by atoms with Gasteiger partial charge in [-0.2, -0.15) is 13.2 Å². The number of halogens is 3. The van der Waals surface area contributed by atoms with Gasteiger partial charge in [0.05, 0.1) is 0 Å². The molecule has 0 unspecified atom stereocenters. The summed E-state index contributed by atoms with van der Waals surface area (Å²) in [5.41, 5.74) is 1.45. The van der Waals surface area contributed by atoms with Crippen molar-refractivity contribution >= 4 is 11.5 Å². The van der Waals surface area contributed by atoms with Gasteiger partial charge in [0.25, 0.3) is 0 Å². The average Bonchev–Trinajstić information content (AvgIpc) is 2.32. The maximum Gasteiger partial charge on any atom is 0.490 e. The summed E-state index contributed by atoms with van der Waals surface area (Å²) < 4.78 is 40.3. The molecule has 5 heteroatoms. The SMILES string of the molecule is CC(C)(C)/C(=C/COC(=O)C(F)(F)F)c1ccccc1. The number of hydrogen-bond donors (Lipinski definition) is 0.